The van der Waals surface area contributed by atoms with E-state index in [9.17, 15) is 11.0 Å². The highest BCUT2D eigenvalue weighted by atomic mass is 16.6. The van der Waals surface area contributed by atoms with E-state index in [1.165, 1.54) is 6.92 Å². The van der Waals surface area contributed by atoms with Gasteiger partial charge in [-0.2, -0.15) is 0 Å². The summed E-state index contributed by atoms with van der Waals surface area (Å²) in [6.45, 7) is 3.31. The van der Waals surface area contributed by atoms with Crippen LogP contribution in [0.2, 0.25) is 0 Å². The van der Waals surface area contributed by atoms with Gasteiger partial charge in [0.15, 0.2) is 11.4 Å². The lowest BCUT2D eigenvalue weighted by Crippen LogP contribution is -2.53. The molecular weight excluding hydrogens is 312 g/mol. The van der Waals surface area contributed by atoms with Crippen molar-refractivity contribution in [3.05, 3.63) is 11.6 Å². The fourth-order valence-corrected chi connectivity index (χ4v) is 5.88. The molecule has 0 N–H and O–H groups in total. The molecule has 0 bridgehead atoms. The third-order valence-corrected chi connectivity index (χ3v) is 7.07. The second-order valence-corrected chi connectivity index (χ2v) is 8.03. The first-order valence-corrected chi connectivity index (χ1v) is 9.09. The number of carbonyl (C=O) groups is 2. The molecule has 6 atom stereocenters. The Balaban J connectivity index is 1.82. The van der Waals surface area contributed by atoms with Gasteiger partial charge in [0.1, 0.15) is 0 Å². The Hall–Kier alpha value is -1.56. The van der Waals surface area contributed by atoms with Gasteiger partial charge in [0, 0.05) is 25.6 Å². The van der Waals surface area contributed by atoms with Crippen molar-refractivity contribution in [2.75, 3.05) is 0 Å². The smallest absolute Gasteiger partial charge is 0.304 e. The van der Waals surface area contributed by atoms with Crippen molar-refractivity contribution >= 4 is 11.8 Å². The van der Waals surface area contributed by atoms with Crippen molar-refractivity contribution in [3.8, 4) is 12.3 Å². The van der Waals surface area contributed by atoms with Gasteiger partial charge in [-0.25, -0.2) is 0 Å². The zero-order valence-electron chi connectivity index (χ0n) is 20.8. The molecule has 4 aliphatic rings. The minimum absolute atomic E-state index is 0.0489. The summed E-state index contributed by atoms with van der Waals surface area (Å²) >= 11 is 0. The summed E-state index contributed by atoms with van der Waals surface area (Å²) in [6.07, 6.45) is 3.18. The average Bonchev–Trinajstić information content (AvgIpc) is 2.91. The summed E-state index contributed by atoms with van der Waals surface area (Å²) in [4.78, 5) is 24.2. The monoisotopic (exact) mass is 346 g/mol. The van der Waals surface area contributed by atoms with E-state index in [1.807, 2.05) is 6.92 Å². The number of ether oxygens (including phenoxy) is 1. The molecule has 4 aliphatic carbocycles. The van der Waals surface area contributed by atoms with Crippen LogP contribution in [0.1, 0.15) is 73.3 Å². The van der Waals surface area contributed by atoms with Crippen LogP contribution in [0.5, 0.6) is 0 Å². The first-order valence-electron chi connectivity index (χ1n) is 12.1. The van der Waals surface area contributed by atoms with E-state index in [1.54, 1.807) is 0 Å². The van der Waals surface area contributed by atoms with E-state index < -0.39 is 53.9 Å². The molecule has 3 saturated carbocycles. The second-order valence-electron chi connectivity index (χ2n) is 8.03. The van der Waals surface area contributed by atoms with Crippen LogP contribution in [-0.2, 0) is 14.3 Å². The molecule has 3 fully saturated rings. The Morgan fingerprint density at radius 2 is 2.16 bits per heavy atom. The standard InChI is InChI=1S/C22H28O3/c1-4-22(25-14(2)23)12-10-20-19-7-5-15-13-16(24)6-8-17(15)18(19)9-11-21(20,22)3/h1,13,17-20H,5-12H2,2-3H3/t17-,18+,19+,20-,21-,22+/m0/s1/i5D2,6D2,13D,17D. The van der Waals surface area contributed by atoms with E-state index in [2.05, 4.69) is 5.92 Å². The molecule has 4 rings (SSSR count). The minimum Gasteiger partial charge on any atom is -0.445 e. The highest BCUT2D eigenvalue weighted by Gasteiger charge is 2.64. The fourth-order valence-electron chi connectivity index (χ4n) is 5.88. The van der Waals surface area contributed by atoms with Crippen LogP contribution < -0.4 is 0 Å². The van der Waals surface area contributed by atoms with Crippen molar-refractivity contribution in [1.29, 1.82) is 0 Å². The number of fused-ring (bicyclic) bond motifs is 5. The number of allylic oxidation sites excluding steroid dienone is 1. The molecule has 0 amide bonds. The molecule has 3 nitrogen and oxygen atoms in total. The van der Waals surface area contributed by atoms with Crippen LogP contribution in [-0.4, -0.2) is 17.4 Å². The number of esters is 1. The van der Waals surface area contributed by atoms with Crippen LogP contribution in [0.25, 0.3) is 0 Å². The molecule has 134 valence electrons. The van der Waals surface area contributed by atoms with Gasteiger partial charge in [0.25, 0.3) is 0 Å². The van der Waals surface area contributed by atoms with E-state index in [0.717, 1.165) is 0 Å². The highest BCUT2D eigenvalue weighted by Crippen LogP contribution is 2.65. The normalized spacial score (nSPS) is 56.4. The number of rotatable bonds is 1. The van der Waals surface area contributed by atoms with Gasteiger partial charge in [-0.1, -0.05) is 18.4 Å². The largest absolute Gasteiger partial charge is 0.445 e. The predicted molar refractivity (Wildman–Crippen MR) is 95.4 cm³/mol. The molecule has 3 heteroatoms. The molecule has 0 unspecified atom stereocenters. The number of hydrogen-bond acceptors (Lipinski definition) is 3. The van der Waals surface area contributed by atoms with Gasteiger partial charge in [-0.05, 0) is 74.6 Å². The summed E-state index contributed by atoms with van der Waals surface area (Å²) < 4.78 is 56.9. The van der Waals surface area contributed by atoms with Crippen LogP contribution in [0, 0.1) is 41.4 Å². The van der Waals surface area contributed by atoms with E-state index >= 15 is 0 Å². The Labute approximate surface area is 159 Å². The zero-order valence-corrected chi connectivity index (χ0v) is 14.8. The number of hydrogen-bond donors (Lipinski definition) is 0. The van der Waals surface area contributed by atoms with Crippen molar-refractivity contribution in [2.24, 2.45) is 29.1 Å². The minimum atomic E-state index is -2.36. The molecular formula is C22H28O3. The van der Waals surface area contributed by atoms with Crippen molar-refractivity contribution in [1.82, 2.24) is 0 Å². The van der Waals surface area contributed by atoms with Crippen molar-refractivity contribution in [2.45, 2.75) is 70.7 Å². The lowest BCUT2D eigenvalue weighted by molar-refractivity contribution is -0.167. The number of terminal acetylenes is 1. The lowest BCUT2D eigenvalue weighted by atomic mass is 9.50. The van der Waals surface area contributed by atoms with Gasteiger partial charge in [-0.3, -0.25) is 9.59 Å². The topological polar surface area (TPSA) is 43.4 Å². The molecule has 0 spiro atoms. The Kier molecular flexibility index (Phi) is 2.57. The van der Waals surface area contributed by atoms with Gasteiger partial charge in [0.05, 0.1) is 1.37 Å². The van der Waals surface area contributed by atoms with E-state index in [4.69, 9.17) is 18.0 Å². The fraction of sp³-hybridized carbons (Fsp3) is 0.727. The maximum absolute atomic E-state index is 12.4. The Morgan fingerprint density at radius 1 is 1.36 bits per heavy atom. The maximum atomic E-state index is 12.4. The van der Waals surface area contributed by atoms with E-state index in [-0.39, 0.29) is 29.7 Å². The van der Waals surface area contributed by atoms with Crippen LogP contribution in [0.15, 0.2) is 11.6 Å². The molecule has 25 heavy (non-hydrogen) atoms. The quantitative estimate of drug-likeness (QED) is 0.531. The first-order chi connectivity index (χ1) is 14.2. The van der Waals surface area contributed by atoms with Crippen molar-refractivity contribution in [3.63, 3.8) is 0 Å². The summed E-state index contributed by atoms with van der Waals surface area (Å²) in [5, 5.41) is 0. The molecule has 0 aromatic rings. The van der Waals surface area contributed by atoms with E-state index in [0.29, 0.717) is 25.7 Å². The highest BCUT2D eigenvalue weighted by molar-refractivity contribution is 5.91. The molecule has 0 radical (unpaired) electrons. The second kappa shape index (κ2) is 5.73. The molecule has 0 aliphatic heterocycles. The SMILES string of the molecule is [2H]C1=C2C([2H])([2H])C[C@@H]3[C@H](CC[C@@]4(C)[C@H]3CC[C@@]4(C#C)OC(C)=O)[C@@]2([2H])CC([2H])([2H])C1=O. The van der Waals surface area contributed by atoms with Gasteiger partial charge < -0.3 is 4.74 Å². The maximum Gasteiger partial charge on any atom is 0.304 e. The van der Waals surface area contributed by atoms with Gasteiger partial charge in [0.2, 0.25) is 0 Å². The van der Waals surface area contributed by atoms with Gasteiger partial charge >= 0.3 is 5.97 Å². The molecule has 0 aromatic carbocycles. The summed E-state index contributed by atoms with van der Waals surface area (Å²) in [6, 6.07) is -0.674. The number of ketones is 1. The Bertz CT molecular complexity index is 936. The first kappa shape index (κ1) is 11.2. The van der Waals surface area contributed by atoms with Crippen LogP contribution in [0.4, 0.5) is 0 Å². The lowest BCUT2D eigenvalue weighted by Gasteiger charge is -2.55. The predicted octanol–water partition coefficient (Wildman–Crippen LogP) is 4.06. The van der Waals surface area contributed by atoms with Crippen molar-refractivity contribution < 1.29 is 22.6 Å². The Morgan fingerprint density at radius 3 is 2.88 bits per heavy atom. The third-order valence-electron chi connectivity index (χ3n) is 7.07. The zero-order chi connectivity index (χ0) is 23.2. The molecule has 0 saturated heterocycles. The summed E-state index contributed by atoms with van der Waals surface area (Å²) in [5.74, 6) is -1.19. The average molecular weight is 346 g/mol. The summed E-state index contributed by atoms with van der Waals surface area (Å²) in [5.41, 5.74) is -1.81. The van der Waals surface area contributed by atoms with Gasteiger partial charge in [-0.15, -0.1) is 6.42 Å². The third kappa shape index (κ3) is 2.33. The molecule has 0 aromatic heterocycles. The number of carbonyl (C=O) groups excluding carboxylic acids is 2. The van der Waals surface area contributed by atoms with Crippen LogP contribution >= 0.6 is 0 Å². The molecule has 0 heterocycles. The summed E-state index contributed by atoms with van der Waals surface area (Å²) in [7, 11) is 0. The van der Waals surface area contributed by atoms with Crippen LogP contribution in [0.3, 0.4) is 0 Å².